The molecule has 22 heavy (non-hydrogen) atoms. The van der Waals surface area contributed by atoms with E-state index < -0.39 is 36.5 Å². The zero-order valence-electron chi connectivity index (χ0n) is 11.1. The minimum atomic E-state index is -5.21. The first kappa shape index (κ1) is 16.6. The fourth-order valence-corrected chi connectivity index (χ4v) is 4.31. The molecular formula is C13H12O7S2. The Morgan fingerprint density at radius 3 is 2.05 bits per heavy atom. The highest BCUT2D eigenvalue weighted by Crippen LogP contribution is 2.34. The molecule has 0 radical (unpaired) electrons. The van der Waals surface area contributed by atoms with Crippen LogP contribution in [0.1, 0.15) is 16.8 Å². The van der Waals surface area contributed by atoms with Crippen LogP contribution in [-0.4, -0.2) is 35.8 Å². The van der Waals surface area contributed by atoms with Crippen molar-refractivity contribution in [3.05, 3.63) is 59.7 Å². The maximum absolute atomic E-state index is 12.3. The number of allylic oxidation sites excluding steroid dienone is 3. The van der Waals surface area contributed by atoms with Crippen LogP contribution in [0.15, 0.2) is 54.1 Å². The molecule has 0 saturated carbocycles. The highest BCUT2D eigenvalue weighted by atomic mass is 32.3. The zero-order valence-corrected chi connectivity index (χ0v) is 12.7. The van der Waals surface area contributed by atoms with Crippen LogP contribution in [0.4, 0.5) is 0 Å². The Morgan fingerprint density at radius 1 is 1.00 bits per heavy atom. The van der Waals surface area contributed by atoms with Crippen molar-refractivity contribution in [1.82, 2.24) is 0 Å². The van der Waals surface area contributed by atoms with Gasteiger partial charge in [0, 0.05) is 17.6 Å². The number of hydrogen-bond donors (Lipinski definition) is 2. The SMILES string of the molecule is O=C(C1=CC(S(=O)(=O)O)(S(=O)(=O)O)CC=C1)c1ccccc1. The molecule has 0 aromatic heterocycles. The van der Waals surface area contributed by atoms with Crippen molar-refractivity contribution < 1.29 is 30.7 Å². The number of carbonyl (C=O) groups is 1. The van der Waals surface area contributed by atoms with E-state index in [1.165, 1.54) is 18.2 Å². The Bertz CT molecular complexity index is 830. The van der Waals surface area contributed by atoms with E-state index in [-0.39, 0.29) is 11.1 Å². The predicted molar refractivity (Wildman–Crippen MR) is 78.4 cm³/mol. The van der Waals surface area contributed by atoms with Gasteiger partial charge in [-0.2, -0.15) is 16.8 Å². The van der Waals surface area contributed by atoms with Gasteiger partial charge < -0.3 is 0 Å². The summed E-state index contributed by atoms with van der Waals surface area (Å²) in [7, 11) is -10.4. The molecule has 2 rings (SSSR count). The van der Waals surface area contributed by atoms with Gasteiger partial charge in [-0.3, -0.25) is 13.9 Å². The van der Waals surface area contributed by atoms with Crippen LogP contribution < -0.4 is 0 Å². The number of benzene rings is 1. The van der Waals surface area contributed by atoms with Crippen LogP contribution in [0, 0.1) is 0 Å². The molecule has 1 aromatic carbocycles. The molecule has 0 unspecified atom stereocenters. The van der Waals surface area contributed by atoms with Gasteiger partial charge in [0.25, 0.3) is 20.2 Å². The summed E-state index contributed by atoms with van der Waals surface area (Å²) in [6.45, 7) is 0. The number of carbonyl (C=O) groups excluding carboxylic acids is 1. The van der Waals surface area contributed by atoms with Gasteiger partial charge in [-0.05, 0) is 6.08 Å². The van der Waals surface area contributed by atoms with Gasteiger partial charge in [-0.25, -0.2) is 0 Å². The average molecular weight is 344 g/mol. The monoisotopic (exact) mass is 344 g/mol. The predicted octanol–water partition coefficient (Wildman–Crippen LogP) is 1.23. The van der Waals surface area contributed by atoms with Crippen LogP contribution in [0.5, 0.6) is 0 Å². The van der Waals surface area contributed by atoms with Gasteiger partial charge in [-0.15, -0.1) is 0 Å². The van der Waals surface area contributed by atoms with Crippen molar-refractivity contribution in [2.24, 2.45) is 0 Å². The molecule has 7 nitrogen and oxygen atoms in total. The summed E-state index contributed by atoms with van der Waals surface area (Å²) in [5.74, 6) is -0.631. The van der Waals surface area contributed by atoms with Crippen LogP contribution in [0.25, 0.3) is 0 Å². The van der Waals surface area contributed by atoms with Gasteiger partial charge in [0.2, 0.25) is 4.08 Å². The molecule has 0 heterocycles. The number of hydrogen-bond acceptors (Lipinski definition) is 5. The van der Waals surface area contributed by atoms with Crippen LogP contribution in [-0.2, 0) is 20.2 Å². The molecule has 1 aliphatic rings. The first-order chi connectivity index (χ1) is 10.1. The fraction of sp³-hybridized carbons (Fsp3) is 0.154. The van der Waals surface area contributed by atoms with Crippen molar-refractivity contribution in [2.45, 2.75) is 10.5 Å². The molecule has 0 fully saturated rings. The maximum Gasteiger partial charge on any atom is 0.291 e. The van der Waals surface area contributed by atoms with E-state index in [0.717, 1.165) is 6.08 Å². The third-order valence-electron chi connectivity index (χ3n) is 3.25. The Balaban J connectivity index is 2.62. The minimum absolute atomic E-state index is 0.208. The molecule has 0 saturated heterocycles. The van der Waals surface area contributed by atoms with E-state index in [9.17, 15) is 30.7 Å². The molecule has 0 aliphatic heterocycles. The lowest BCUT2D eigenvalue weighted by molar-refractivity contribution is 0.103. The fourth-order valence-electron chi connectivity index (χ4n) is 2.08. The standard InChI is InChI=1S/C13H12O7S2/c14-12(10-5-2-1-3-6-10)11-7-4-8-13(9-11,21(15,16)17)22(18,19)20/h1-7,9H,8H2,(H,15,16,17)(H,18,19,20). The Labute approximate surface area is 127 Å². The van der Waals surface area contributed by atoms with E-state index >= 15 is 0 Å². The average Bonchev–Trinajstić information content (AvgIpc) is 2.45. The van der Waals surface area contributed by atoms with Crippen molar-refractivity contribution in [2.75, 3.05) is 0 Å². The Kier molecular flexibility index (Phi) is 4.09. The van der Waals surface area contributed by atoms with Crippen LogP contribution in [0.3, 0.4) is 0 Å². The summed E-state index contributed by atoms with van der Waals surface area (Å²) in [5, 5.41) is 0. The molecule has 0 amide bonds. The Morgan fingerprint density at radius 2 is 1.55 bits per heavy atom. The van der Waals surface area contributed by atoms with Crippen molar-refractivity contribution in [3.63, 3.8) is 0 Å². The third kappa shape index (κ3) is 2.75. The Hall–Kier alpha value is -1.81. The van der Waals surface area contributed by atoms with Gasteiger partial charge in [-0.1, -0.05) is 42.5 Å². The van der Waals surface area contributed by atoms with E-state index in [2.05, 4.69) is 0 Å². The smallest absolute Gasteiger partial charge is 0.289 e. The normalized spacial score (nSPS) is 17.8. The first-order valence-electron chi connectivity index (χ1n) is 6.02. The second-order valence-electron chi connectivity index (χ2n) is 4.66. The van der Waals surface area contributed by atoms with Crippen molar-refractivity contribution in [3.8, 4) is 0 Å². The molecular weight excluding hydrogens is 332 g/mol. The summed E-state index contributed by atoms with van der Waals surface area (Å²) in [6.07, 6.45) is 2.20. The number of Topliss-reactive ketones (excluding diaryl/α,β-unsaturated/α-hetero) is 1. The molecule has 9 heteroatoms. The molecule has 0 bridgehead atoms. The quantitative estimate of drug-likeness (QED) is 0.621. The topological polar surface area (TPSA) is 126 Å². The van der Waals surface area contributed by atoms with Gasteiger partial charge in [0.05, 0.1) is 0 Å². The van der Waals surface area contributed by atoms with E-state index in [1.807, 2.05) is 0 Å². The van der Waals surface area contributed by atoms with E-state index in [0.29, 0.717) is 6.08 Å². The second kappa shape index (κ2) is 5.43. The van der Waals surface area contributed by atoms with Gasteiger partial charge >= 0.3 is 0 Å². The number of rotatable bonds is 4. The lowest BCUT2D eigenvalue weighted by Crippen LogP contribution is -2.45. The third-order valence-corrected chi connectivity index (χ3v) is 6.83. The maximum atomic E-state index is 12.3. The summed E-state index contributed by atoms with van der Waals surface area (Å²) in [6, 6.07) is 7.77. The zero-order chi connectivity index (χ0) is 16.6. The lowest BCUT2D eigenvalue weighted by atomic mass is 9.98. The molecule has 0 atom stereocenters. The molecule has 1 aliphatic carbocycles. The van der Waals surface area contributed by atoms with Crippen LogP contribution >= 0.6 is 0 Å². The number of ketones is 1. The van der Waals surface area contributed by atoms with E-state index in [4.69, 9.17) is 0 Å². The van der Waals surface area contributed by atoms with Crippen LogP contribution in [0.2, 0.25) is 0 Å². The first-order valence-corrected chi connectivity index (χ1v) is 8.90. The summed E-state index contributed by atoms with van der Waals surface area (Å²) in [5.41, 5.74) is -0.0485. The highest BCUT2D eigenvalue weighted by molar-refractivity contribution is 8.05. The van der Waals surface area contributed by atoms with Crippen molar-refractivity contribution in [1.29, 1.82) is 0 Å². The van der Waals surface area contributed by atoms with Gasteiger partial charge in [0.1, 0.15) is 0 Å². The van der Waals surface area contributed by atoms with E-state index in [1.54, 1.807) is 18.2 Å². The second-order valence-corrected chi connectivity index (χ2v) is 8.28. The molecule has 0 spiro atoms. The largest absolute Gasteiger partial charge is 0.291 e. The molecule has 118 valence electrons. The summed E-state index contributed by atoms with van der Waals surface area (Å²) < 4.78 is 61.5. The summed E-state index contributed by atoms with van der Waals surface area (Å²) >= 11 is 0. The lowest BCUT2D eigenvalue weighted by Gasteiger charge is -2.25. The van der Waals surface area contributed by atoms with Gasteiger partial charge in [0.15, 0.2) is 5.78 Å². The highest BCUT2D eigenvalue weighted by Gasteiger charge is 2.53. The molecule has 1 aromatic rings. The van der Waals surface area contributed by atoms with Crippen molar-refractivity contribution >= 4 is 26.0 Å². The molecule has 2 N–H and O–H groups in total. The summed E-state index contributed by atoms with van der Waals surface area (Å²) in [4.78, 5) is 12.3. The minimum Gasteiger partial charge on any atom is -0.289 e.